The molecule has 14 heavy (non-hydrogen) atoms. The third kappa shape index (κ3) is 2.31. The molecule has 1 nitrogen and oxygen atoms in total. The van der Waals surface area contributed by atoms with Gasteiger partial charge in [-0.3, -0.25) is 0 Å². The van der Waals surface area contributed by atoms with Crippen molar-refractivity contribution >= 4 is 38.5 Å². The molecule has 0 spiro atoms. The topological polar surface area (TPSA) is 12.0 Å². The lowest BCUT2D eigenvalue weighted by atomic mass is 9.98. The summed E-state index contributed by atoms with van der Waals surface area (Å²) in [5.74, 6) is 0. The first kappa shape index (κ1) is 10.9. The number of hydrogen-bond acceptors (Lipinski definition) is 1. The molecule has 0 bridgehead atoms. The van der Waals surface area contributed by atoms with E-state index in [-0.39, 0.29) is 0 Å². The molecule has 1 N–H and O–H groups in total. The van der Waals surface area contributed by atoms with Gasteiger partial charge >= 0.3 is 0 Å². The van der Waals surface area contributed by atoms with Gasteiger partial charge in [0.2, 0.25) is 0 Å². The molecule has 3 heteroatoms. The molecule has 0 saturated carbocycles. The highest BCUT2D eigenvalue weighted by molar-refractivity contribution is 14.1. The van der Waals surface area contributed by atoms with E-state index in [1.807, 2.05) is 0 Å². The van der Waals surface area contributed by atoms with Crippen LogP contribution in [0.1, 0.15) is 30.9 Å². The Bertz CT molecular complexity index is 321. The summed E-state index contributed by atoms with van der Waals surface area (Å²) in [5.41, 5.74) is 1.41. The summed E-state index contributed by atoms with van der Waals surface area (Å²) in [6, 6.07) is 7.04. The third-order valence-corrected chi connectivity index (χ3v) is 5.19. The molecule has 0 radical (unpaired) electrons. The maximum atomic E-state index is 3.67. The second kappa shape index (κ2) is 4.94. The zero-order chi connectivity index (χ0) is 9.97. The first-order valence-electron chi connectivity index (χ1n) is 4.96. The monoisotopic (exact) mass is 365 g/mol. The lowest BCUT2D eigenvalue weighted by Gasteiger charge is -2.25. The van der Waals surface area contributed by atoms with Gasteiger partial charge in [-0.1, -0.05) is 18.6 Å². The average Bonchev–Trinajstić information content (AvgIpc) is 2.23. The Kier molecular flexibility index (Phi) is 3.85. The van der Waals surface area contributed by atoms with E-state index in [9.17, 15) is 0 Å². The largest absolute Gasteiger partial charge is 0.310 e. The predicted molar refractivity (Wildman–Crippen MR) is 71.5 cm³/mol. The summed E-state index contributed by atoms with van der Waals surface area (Å²) in [6.45, 7) is 1.16. The van der Waals surface area contributed by atoms with Crippen LogP contribution in [-0.2, 0) is 0 Å². The van der Waals surface area contributed by atoms with Gasteiger partial charge in [-0.15, -0.1) is 0 Å². The average molecular weight is 366 g/mol. The molecular formula is C11H13BrIN. The number of hydrogen-bond donors (Lipinski definition) is 1. The Labute approximate surface area is 107 Å². The molecule has 1 heterocycles. The second-order valence-corrected chi connectivity index (χ2v) is 5.60. The van der Waals surface area contributed by atoms with Gasteiger partial charge in [0.25, 0.3) is 0 Å². The van der Waals surface area contributed by atoms with Crippen molar-refractivity contribution < 1.29 is 0 Å². The quantitative estimate of drug-likeness (QED) is 0.745. The van der Waals surface area contributed by atoms with E-state index in [2.05, 4.69) is 62.0 Å². The van der Waals surface area contributed by atoms with Gasteiger partial charge in [0, 0.05) is 14.1 Å². The van der Waals surface area contributed by atoms with Crippen molar-refractivity contribution in [3.63, 3.8) is 0 Å². The lowest BCUT2D eigenvalue weighted by molar-refractivity contribution is 0.411. The zero-order valence-electron chi connectivity index (χ0n) is 7.89. The van der Waals surface area contributed by atoms with Gasteiger partial charge in [0.1, 0.15) is 0 Å². The smallest absolute Gasteiger partial charge is 0.0356 e. The molecule has 1 aromatic carbocycles. The molecular weight excluding hydrogens is 353 g/mol. The number of halogens is 2. The lowest BCUT2D eigenvalue weighted by Crippen LogP contribution is -2.27. The van der Waals surface area contributed by atoms with Crippen molar-refractivity contribution in [1.82, 2.24) is 5.32 Å². The molecule has 1 saturated heterocycles. The van der Waals surface area contributed by atoms with Gasteiger partial charge in [-0.25, -0.2) is 0 Å². The summed E-state index contributed by atoms with van der Waals surface area (Å²) >= 11 is 6.04. The van der Waals surface area contributed by atoms with E-state index in [1.165, 1.54) is 32.9 Å². The SMILES string of the molecule is Brc1c(I)cccc1[C@H]1CCCCN1. The van der Waals surface area contributed by atoms with Crippen LogP contribution in [0.2, 0.25) is 0 Å². The summed E-state index contributed by atoms with van der Waals surface area (Å²) < 4.78 is 2.56. The van der Waals surface area contributed by atoms with Crippen LogP contribution in [0.3, 0.4) is 0 Å². The Morgan fingerprint density at radius 2 is 2.21 bits per heavy atom. The highest BCUT2D eigenvalue weighted by Crippen LogP contribution is 2.31. The number of nitrogens with one attached hydrogen (secondary N) is 1. The van der Waals surface area contributed by atoms with E-state index in [1.54, 1.807) is 0 Å². The zero-order valence-corrected chi connectivity index (χ0v) is 11.6. The Morgan fingerprint density at radius 1 is 1.36 bits per heavy atom. The van der Waals surface area contributed by atoms with Crippen molar-refractivity contribution in [1.29, 1.82) is 0 Å². The molecule has 1 aromatic rings. The molecule has 1 fully saturated rings. The minimum Gasteiger partial charge on any atom is -0.310 e. The molecule has 1 aliphatic rings. The van der Waals surface area contributed by atoms with Gasteiger partial charge in [0.05, 0.1) is 0 Å². The van der Waals surface area contributed by atoms with E-state index < -0.39 is 0 Å². The Morgan fingerprint density at radius 3 is 2.93 bits per heavy atom. The maximum absolute atomic E-state index is 3.67. The van der Waals surface area contributed by atoms with Crippen LogP contribution < -0.4 is 5.32 Å². The van der Waals surface area contributed by atoms with Crippen molar-refractivity contribution in [3.8, 4) is 0 Å². The van der Waals surface area contributed by atoms with Crippen LogP contribution in [0.4, 0.5) is 0 Å². The summed E-state index contributed by atoms with van der Waals surface area (Å²) in [6.07, 6.45) is 3.92. The van der Waals surface area contributed by atoms with Gasteiger partial charge in [-0.2, -0.15) is 0 Å². The van der Waals surface area contributed by atoms with E-state index in [0.717, 1.165) is 6.54 Å². The summed E-state index contributed by atoms with van der Waals surface area (Å²) in [5, 5.41) is 3.57. The van der Waals surface area contributed by atoms with Gasteiger partial charge < -0.3 is 5.32 Å². The fraction of sp³-hybridized carbons (Fsp3) is 0.455. The van der Waals surface area contributed by atoms with Crippen LogP contribution in [0.25, 0.3) is 0 Å². The molecule has 76 valence electrons. The second-order valence-electron chi connectivity index (χ2n) is 3.65. The van der Waals surface area contributed by atoms with Crippen LogP contribution in [-0.4, -0.2) is 6.54 Å². The minimum atomic E-state index is 0.549. The minimum absolute atomic E-state index is 0.549. The highest BCUT2D eigenvalue weighted by Gasteiger charge is 2.17. The molecule has 0 aliphatic carbocycles. The van der Waals surface area contributed by atoms with Crippen molar-refractivity contribution in [2.24, 2.45) is 0 Å². The van der Waals surface area contributed by atoms with Crippen LogP contribution in [0.15, 0.2) is 22.7 Å². The number of piperidine rings is 1. The van der Waals surface area contributed by atoms with Crippen molar-refractivity contribution in [3.05, 3.63) is 31.8 Å². The highest BCUT2D eigenvalue weighted by atomic mass is 127. The predicted octanol–water partition coefficient (Wildman–Crippen LogP) is 3.87. The number of rotatable bonds is 1. The van der Waals surface area contributed by atoms with E-state index in [0.29, 0.717) is 6.04 Å². The molecule has 1 atom stereocenters. The molecule has 1 aliphatic heterocycles. The van der Waals surface area contributed by atoms with Gasteiger partial charge in [-0.05, 0) is 69.5 Å². The van der Waals surface area contributed by atoms with Crippen molar-refractivity contribution in [2.75, 3.05) is 6.54 Å². The fourth-order valence-corrected chi connectivity index (χ4v) is 2.97. The maximum Gasteiger partial charge on any atom is 0.0356 e. The van der Waals surface area contributed by atoms with Crippen molar-refractivity contribution in [2.45, 2.75) is 25.3 Å². The standard InChI is InChI=1S/C11H13BrIN/c12-11-8(4-3-5-9(11)13)10-6-1-2-7-14-10/h3-5,10,14H,1-2,6-7H2/t10-/m1/s1. The Balaban J connectivity index is 2.26. The Hall–Kier alpha value is 0.390. The van der Waals surface area contributed by atoms with Gasteiger partial charge in [0.15, 0.2) is 0 Å². The summed E-state index contributed by atoms with van der Waals surface area (Å²) in [4.78, 5) is 0. The number of benzene rings is 1. The van der Waals surface area contributed by atoms with Crippen LogP contribution >= 0.6 is 38.5 Å². The first-order valence-corrected chi connectivity index (χ1v) is 6.83. The normalized spacial score (nSPS) is 22.3. The first-order chi connectivity index (χ1) is 6.79. The molecule has 0 aromatic heterocycles. The van der Waals surface area contributed by atoms with Crippen LogP contribution in [0, 0.1) is 3.57 Å². The van der Waals surface area contributed by atoms with Crippen LogP contribution in [0.5, 0.6) is 0 Å². The summed E-state index contributed by atoms with van der Waals surface area (Å²) in [7, 11) is 0. The molecule has 2 rings (SSSR count). The fourth-order valence-electron chi connectivity index (χ4n) is 1.91. The van der Waals surface area contributed by atoms with E-state index >= 15 is 0 Å². The molecule has 0 unspecified atom stereocenters. The van der Waals surface area contributed by atoms with E-state index in [4.69, 9.17) is 0 Å². The third-order valence-electron chi connectivity index (χ3n) is 2.67. The molecule has 0 amide bonds.